The summed E-state index contributed by atoms with van der Waals surface area (Å²) in [4.78, 5) is 16.3. The third-order valence-corrected chi connectivity index (χ3v) is 4.96. The number of rotatable bonds is 2. The topological polar surface area (TPSA) is 37.8 Å². The van der Waals surface area contributed by atoms with Crippen molar-refractivity contribution in [3.63, 3.8) is 0 Å². The molecule has 0 aliphatic carbocycles. The van der Waals surface area contributed by atoms with Crippen LogP contribution in [0.25, 0.3) is 10.2 Å². The maximum absolute atomic E-state index is 12.3. The summed E-state index contributed by atoms with van der Waals surface area (Å²) < 4.78 is 2.11. The number of hydrogen-bond acceptors (Lipinski definition) is 4. The van der Waals surface area contributed by atoms with Crippen LogP contribution in [0, 0.1) is 11.7 Å². The molecule has 0 aliphatic heterocycles. The molecule has 0 unspecified atom stereocenters. The third-order valence-electron chi connectivity index (χ3n) is 2.90. The fourth-order valence-electron chi connectivity index (χ4n) is 1.84. The van der Waals surface area contributed by atoms with Crippen molar-refractivity contribution in [2.45, 2.75) is 13.5 Å². The van der Waals surface area contributed by atoms with E-state index in [1.807, 2.05) is 18.4 Å². The first-order valence-corrected chi connectivity index (χ1v) is 7.62. The third kappa shape index (κ3) is 1.86. The Morgan fingerprint density at radius 3 is 3.00 bits per heavy atom. The van der Waals surface area contributed by atoms with E-state index in [1.165, 1.54) is 16.9 Å². The minimum absolute atomic E-state index is 0.0133. The zero-order chi connectivity index (χ0) is 12.7. The van der Waals surface area contributed by atoms with Gasteiger partial charge in [-0.1, -0.05) is 0 Å². The van der Waals surface area contributed by atoms with E-state index in [9.17, 15) is 4.79 Å². The van der Waals surface area contributed by atoms with Gasteiger partial charge in [-0.05, 0) is 52.5 Å². The molecule has 92 valence electrons. The van der Waals surface area contributed by atoms with Gasteiger partial charge in [0.25, 0.3) is 5.56 Å². The van der Waals surface area contributed by atoms with Crippen molar-refractivity contribution in [3.8, 4) is 0 Å². The molecule has 0 bridgehead atoms. The molecular weight excluding hydrogens is 284 g/mol. The molecule has 3 heterocycles. The molecule has 0 atom stereocenters. The molecular formula is C12H10N2OS3. The normalized spacial score (nSPS) is 11.2. The number of hydrogen-bond donors (Lipinski definition) is 1. The lowest BCUT2D eigenvalue weighted by Crippen LogP contribution is -2.22. The van der Waals surface area contributed by atoms with Gasteiger partial charge in [-0.25, -0.2) is 0 Å². The lowest BCUT2D eigenvalue weighted by atomic mass is 10.2. The van der Waals surface area contributed by atoms with Crippen LogP contribution in [0.5, 0.6) is 0 Å². The molecule has 6 heteroatoms. The van der Waals surface area contributed by atoms with Crippen molar-refractivity contribution in [3.05, 3.63) is 48.5 Å². The van der Waals surface area contributed by atoms with Crippen LogP contribution < -0.4 is 5.56 Å². The number of aromatic nitrogens is 2. The van der Waals surface area contributed by atoms with Crippen LogP contribution in [0.15, 0.2) is 27.0 Å². The molecule has 0 saturated heterocycles. The Bertz CT molecular complexity index is 822. The maximum Gasteiger partial charge on any atom is 0.263 e. The number of fused-ring (bicyclic) bond motifs is 1. The van der Waals surface area contributed by atoms with Gasteiger partial charge in [0.05, 0.1) is 11.9 Å². The predicted molar refractivity (Wildman–Crippen MR) is 79.4 cm³/mol. The molecule has 0 saturated carbocycles. The van der Waals surface area contributed by atoms with E-state index < -0.39 is 0 Å². The van der Waals surface area contributed by atoms with E-state index in [-0.39, 0.29) is 5.56 Å². The highest BCUT2D eigenvalue weighted by Crippen LogP contribution is 2.17. The largest absolute Gasteiger partial charge is 0.323 e. The summed E-state index contributed by atoms with van der Waals surface area (Å²) in [6.45, 7) is 2.59. The number of nitrogens with one attached hydrogen (secondary N) is 1. The minimum atomic E-state index is -0.0133. The van der Waals surface area contributed by atoms with Crippen LogP contribution in [0.4, 0.5) is 0 Å². The van der Waals surface area contributed by atoms with E-state index >= 15 is 0 Å². The number of thiophene rings is 2. The second-order valence-corrected chi connectivity index (χ2v) is 6.11. The second kappa shape index (κ2) is 4.46. The summed E-state index contributed by atoms with van der Waals surface area (Å²) in [7, 11) is 0. The molecule has 18 heavy (non-hydrogen) atoms. The molecule has 0 aromatic carbocycles. The summed E-state index contributed by atoms with van der Waals surface area (Å²) in [6.07, 6.45) is 0. The van der Waals surface area contributed by atoms with Crippen molar-refractivity contribution < 1.29 is 0 Å². The maximum atomic E-state index is 12.3. The van der Waals surface area contributed by atoms with Crippen molar-refractivity contribution in [1.82, 2.24) is 9.55 Å². The van der Waals surface area contributed by atoms with Crippen LogP contribution in [0.3, 0.4) is 0 Å². The molecule has 3 aromatic heterocycles. The van der Waals surface area contributed by atoms with E-state index in [0.29, 0.717) is 16.7 Å². The molecule has 0 radical (unpaired) electrons. The Balaban J connectivity index is 2.20. The quantitative estimate of drug-likeness (QED) is 0.734. The van der Waals surface area contributed by atoms with E-state index in [4.69, 9.17) is 12.2 Å². The van der Waals surface area contributed by atoms with Gasteiger partial charge in [-0.3, -0.25) is 9.36 Å². The van der Waals surface area contributed by atoms with Gasteiger partial charge in [0.1, 0.15) is 4.83 Å². The van der Waals surface area contributed by atoms with Crippen LogP contribution in [0.2, 0.25) is 0 Å². The van der Waals surface area contributed by atoms with E-state index in [1.54, 1.807) is 15.9 Å². The number of nitrogens with zero attached hydrogens (tertiary/aromatic N) is 1. The van der Waals surface area contributed by atoms with Gasteiger partial charge < -0.3 is 4.98 Å². The Morgan fingerprint density at radius 1 is 1.44 bits per heavy atom. The molecule has 3 nitrogen and oxygen atoms in total. The summed E-state index contributed by atoms with van der Waals surface area (Å²) in [5.74, 6) is 0. The van der Waals surface area contributed by atoms with Gasteiger partial charge in [-0.2, -0.15) is 11.3 Å². The molecule has 0 spiro atoms. The van der Waals surface area contributed by atoms with Crippen LogP contribution in [-0.2, 0) is 6.54 Å². The van der Waals surface area contributed by atoms with Crippen molar-refractivity contribution in [2.24, 2.45) is 0 Å². The summed E-state index contributed by atoms with van der Waals surface area (Å²) >= 11 is 8.41. The summed E-state index contributed by atoms with van der Waals surface area (Å²) in [6, 6.07) is 1.84. The van der Waals surface area contributed by atoms with Crippen LogP contribution in [-0.4, -0.2) is 9.55 Å². The SMILES string of the molecule is Cc1cscc1Cn1c(=S)[nH]c2sccc2c1=O. The monoisotopic (exact) mass is 294 g/mol. The second-order valence-electron chi connectivity index (χ2n) is 4.06. The number of H-pyrrole nitrogens is 1. The lowest BCUT2D eigenvalue weighted by Gasteiger charge is -2.06. The molecule has 3 rings (SSSR count). The molecule has 1 N–H and O–H groups in total. The first-order chi connectivity index (χ1) is 8.66. The van der Waals surface area contributed by atoms with Crippen molar-refractivity contribution >= 4 is 45.1 Å². The molecule has 0 fully saturated rings. The lowest BCUT2D eigenvalue weighted by molar-refractivity contribution is 0.734. The number of aromatic amines is 1. The predicted octanol–water partition coefficient (Wildman–Crippen LogP) is 3.54. The smallest absolute Gasteiger partial charge is 0.263 e. The fourth-order valence-corrected chi connectivity index (χ4v) is 3.78. The van der Waals surface area contributed by atoms with Gasteiger partial charge in [-0.15, -0.1) is 11.3 Å². The standard InChI is InChI=1S/C12H10N2OS3/c1-7-5-17-6-8(7)4-14-11(15)9-2-3-18-10(9)13-12(14)16/h2-3,5-6H,4H2,1H3,(H,13,16). The summed E-state index contributed by atoms with van der Waals surface area (Å²) in [5, 5.41) is 6.75. The first kappa shape index (κ1) is 11.8. The van der Waals surface area contributed by atoms with Gasteiger partial charge in [0.2, 0.25) is 0 Å². The van der Waals surface area contributed by atoms with Crippen LogP contribution in [0.1, 0.15) is 11.1 Å². The molecule has 0 aliphatic rings. The zero-order valence-corrected chi connectivity index (χ0v) is 12.0. The van der Waals surface area contributed by atoms with Crippen molar-refractivity contribution in [1.29, 1.82) is 0 Å². The summed E-state index contributed by atoms with van der Waals surface area (Å²) in [5.41, 5.74) is 2.34. The van der Waals surface area contributed by atoms with Gasteiger partial charge in [0.15, 0.2) is 4.77 Å². The van der Waals surface area contributed by atoms with Crippen molar-refractivity contribution in [2.75, 3.05) is 0 Å². The Labute approximate surface area is 116 Å². The average molecular weight is 294 g/mol. The molecule has 0 amide bonds. The Hall–Kier alpha value is -1.24. The Morgan fingerprint density at radius 2 is 2.28 bits per heavy atom. The minimum Gasteiger partial charge on any atom is -0.323 e. The highest BCUT2D eigenvalue weighted by molar-refractivity contribution is 7.71. The average Bonchev–Trinajstić information content (AvgIpc) is 2.94. The van der Waals surface area contributed by atoms with E-state index in [0.717, 1.165) is 10.4 Å². The fraction of sp³-hybridized carbons (Fsp3) is 0.167. The van der Waals surface area contributed by atoms with Crippen LogP contribution >= 0.6 is 34.9 Å². The number of aryl methyl sites for hydroxylation is 1. The van der Waals surface area contributed by atoms with Gasteiger partial charge >= 0.3 is 0 Å². The highest BCUT2D eigenvalue weighted by atomic mass is 32.1. The Kier molecular flexibility index (Phi) is 2.93. The van der Waals surface area contributed by atoms with E-state index in [2.05, 4.69) is 15.7 Å². The highest BCUT2D eigenvalue weighted by Gasteiger charge is 2.08. The van der Waals surface area contributed by atoms with Gasteiger partial charge in [0, 0.05) is 0 Å². The zero-order valence-electron chi connectivity index (χ0n) is 9.60. The molecule has 3 aromatic rings. The first-order valence-electron chi connectivity index (χ1n) is 5.39.